The molecule has 0 N–H and O–H groups in total. The van der Waals surface area contributed by atoms with E-state index in [4.69, 9.17) is 0 Å². The number of ketones is 2. The number of aryl methyl sites for hydroxylation is 2. The maximum absolute atomic E-state index is 12.3. The van der Waals surface area contributed by atoms with Gasteiger partial charge in [-0.2, -0.15) is 11.3 Å². The molecule has 0 saturated carbocycles. The Hall–Kier alpha value is -1.74. The zero-order chi connectivity index (χ0) is 12.2. The number of benzene rings is 1. The molecule has 0 atom stereocenters. The highest BCUT2D eigenvalue weighted by atomic mass is 32.1. The first-order valence-corrected chi connectivity index (χ1v) is 6.31. The SMILES string of the molecule is Cc1ccc(C)c2c1C(=O)c1cscc1C2=O. The third kappa shape index (κ3) is 1.26. The predicted molar refractivity (Wildman–Crippen MR) is 67.1 cm³/mol. The molecular weight excluding hydrogens is 232 g/mol. The fraction of sp³-hybridized carbons (Fsp3) is 0.143. The van der Waals surface area contributed by atoms with Gasteiger partial charge in [0.25, 0.3) is 0 Å². The van der Waals surface area contributed by atoms with Crippen molar-refractivity contribution in [2.75, 3.05) is 0 Å². The highest BCUT2D eigenvalue weighted by Gasteiger charge is 2.32. The highest BCUT2D eigenvalue weighted by Crippen LogP contribution is 2.32. The Morgan fingerprint density at radius 2 is 1.24 bits per heavy atom. The Bertz CT molecular complexity index is 609. The van der Waals surface area contributed by atoms with Crippen molar-refractivity contribution in [3.63, 3.8) is 0 Å². The molecule has 0 fully saturated rings. The maximum atomic E-state index is 12.3. The molecule has 84 valence electrons. The first-order chi connectivity index (χ1) is 8.11. The van der Waals surface area contributed by atoms with E-state index in [-0.39, 0.29) is 11.6 Å². The third-order valence-electron chi connectivity index (χ3n) is 3.23. The van der Waals surface area contributed by atoms with Crippen LogP contribution in [0.15, 0.2) is 22.9 Å². The lowest BCUT2D eigenvalue weighted by Gasteiger charge is -2.18. The Balaban J connectivity index is 2.42. The second-order valence-corrected chi connectivity index (χ2v) is 5.05. The zero-order valence-electron chi connectivity index (χ0n) is 9.53. The van der Waals surface area contributed by atoms with Crippen LogP contribution in [-0.4, -0.2) is 11.6 Å². The van der Waals surface area contributed by atoms with Crippen LogP contribution in [0.5, 0.6) is 0 Å². The minimum Gasteiger partial charge on any atom is -0.289 e. The minimum atomic E-state index is -0.0166. The van der Waals surface area contributed by atoms with Gasteiger partial charge in [-0.3, -0.25) is 9.59 Å². The fourth-order valence-electron chi connectivity index (χ4n) is 2.31. The van der Waals surface area contributed by atoms with Crippen LogP contribution in [0.1, 0.15) is 43.0 Å². The maximum Gasteiger partial charge on any atom is 0.195 e. The monoisotopic (exact) mass is 242 g/mol. The van der Waals surface area contributed by atoms with Crippen LogP contribution in [0.3, 0.4) is 0 Å². The van der Waals surface area contributed by atoms with E-state index in [2.05, 4.69) is 0 Å². The number of thiophene rings is 1. The number of carbonyl (C=O) groups excluding carboxylic acids is 2. The summed E-state index contributed by atoms with van der Waals surface area (Å²) >= 11 is 1.40. The summed E-state index contributed by atoms with van der Waals surface area (Å²) in [7, 11) is 0. The summed E-state index contributed by atoms with van der Waals surface area (Å²) in [5.74, 6) is -0.0332. The second-order valence-electron chi connectivity index (χ2n) is 4.31. The van der Waals surface area contributed by atoms with Crippen molar-refractivity contribution in [1.29, 1.82) is 0 Å². The lowest BCUT2D eigenvalue weighted by molar-refractivity contribution is 0.0979. The average Bonchev–Trinajstić information content (AvgIpc) is 2.78. The molecule has 1 aliphatic rings. The largest absolute Gasteiger partial charge is 0.289 e. The first-order valence-electron chi connectivity index (χ1n) is 5.37. The van der Waals surface area contributed by atoms with E-state index in [1.165, 1.54) is 11.3 Å². The normalized spacial score (nSPS) is 13.5. The molecule has 0 unspecified atom stereocenters. The minimum absolute atomic E-state index is 0.0166. The number of hydrogen-bond donors (Lipinski definition) is 0. The Morgan fingerprint density at radius 3 is 1.65 bits per heavy atom. The van der Waals surface area contributed by atoms with Crippen LogP contribution in [0, 0.1) is 13.8 Å². The molecule has 0 bridgehead atoms. The molecule has 17 heavy (non-hydrogen) atoms. The molecule has 0 saturated heterocycles. The van der Waals surface area contributed by atoms with Crippen LogP contribution < -0.4 is 0 Å². The van der Waals surface area contributed by atoms with Crippen molar-refractivity contribution in [3.8, 4) is 0 Å². The van der Waals surface area contributed by atoms with Gasteiger partial charge in [-0.25, -0.2) is 0 Å². The van der Waals surface area contributed by atoms with Gasteiger partial charge in [0.1, 0.15) is 0 Å². The third-order valence-corrected chi connectivity index (χ3v) is 3.97. The quantitative estimate of drug-likeness (QED) is 0.607. The van der Waals surface area contributed by atoms with Gasteiger partial charge in [-0.05, 0) is 25.0 Å². The number of carbonyl (C=O) groups is 2. The standard InChI is InChI=1S/C14H10O2S/c1-7-3-4-8(2)12-11(7)13(15)9-5-17-6-10(9)14(12)16/h3-6H,1-2H3. The fourth-order valence-corrected chi connectivity index (χ4v) is 3.12. The van der Waals surface area contributed by atoms with E-state index in [0.29, 0.717) is 22.3 Å². The molecule has 0 amide bonds. The number of fused-ring (bicyclic) bond motifs is 2. The van der Waals surface area contributed by atoms with Gasteiger partial charge in [0.15, 0.2) is 11.6 Å². The molecule has 2 aromatic rings. The lowest BCUT2D eigenvalue weighted by Crippen LogP contribution is -2.21. The summed E-state index contributed by atoms with van der Waals surface area (Å²) in [5.41, 5.74) is 4.03. The van der Waals surface area contributed by atoms with Crippen LogP contribution in [0.25, 0.3) is 0 Å². The molecule has 1 aromatic heterocycles. The van der Waals surface area contributed by atoms with Crippen molar-refractivity contribution < 1.29 is 9.59 Å². The summed E-state index contributed by atoms with van der Waals surface area (Å²) in [6.07, 6.45) is 0. The Morgan fingerprint density at radius 1 is 0.824 bits per heavy atom. The zero-order valence-corrected chi connectivity index (χ0v) is 10.4. The Labute approximate surface area is 103 Å². The van der Waals surface area contributed by atoms with Crippen molar-refractivity contribution in [3.05, 3.63) is 56.3 Å². The topological polar surface area (TPSA) is 34.1 Å². The van der Waals surface area contributed by atoms with Crippen molar-refractivity contribution >= 4 is 22.9 Å². The van der Waals surface area contributed by atoms with Crippen LogP contribution in [-0.2, 0) is 0 Å². The molecule has 1 aliphatic carbocycles. The van der Waals surface area contributed by atoms with E-state index in [1.54, 1.807) is 10.8 Å². The van der Waals surface area contributed by atoms with Gasteiger partial charge < -0.3 is 0 Å². The molecule has 0 radical (unpaired) electrons. The summed E-state index contributed by atoms with van der Waals surface area (Å²) in [5, 5.41) is 3.53. The van der Waals surface area contributed by atoms with Crippen molar-refractivity contribution in [2.24, 2.45) is 0 Å². The molecule has 2 nitrogen and oxygen atoms in total. The predicted octanol–water partition coefficient (Wildman–Crippen LogP) is 3.14. The molecule has 3 rings (SSSR count). The van der Waals surface area contributed by atoms with E-state index in [1.807, 2.05) is 26.0 Å². The molecule has 1 heterocycles. The summed E-state index contributed by atoms with van der Waals surface area (Å²) < 4.78 is 0. The summed E-state index contributed by atoms with van der Waals surface area (Å²) in [6.45, 7) is 3.75. The molecule has 1 aromatic carbocycles. The number of rotatable bonds is 0. The van der Waals surface area contributed by atoms with Gasteiger partial charge in [-0.15, -0.1) is 0 Å². The summed E-state index contributed by atoms with van der Waals surface area (Å²) in [6, 6.07) is 3.80. The first kappa shape index (κ1) is 10.4. The summed E-state index contributed by atoms with van der Waals surface area (Å²) in [4.78, 5) is 24.7. The molecule has 0 aliphatic heterocycles. The van der Waals surface area contributed by atoms with Crippen LogP contribution in [0.2, 0.25) is 0 Å². The molecule has 3 heteroatoms. The van der Waals surface area contributed by atoms with Gasteiger partial charge in [0.2, 0.25) is 0 Å². The van der Waals surface area contributed by atoms with Crippen molar-refractivity contribution in [1.82, 2.24) is 0 Å². The van der Waals surface area contributed by atoms with Gasteiger partial charge in [0, 0.05) is 33.0 Å². The number of hydrogen-bond acceptors (Lipinski definition) is 3. The van der Waals surface area contributed by atoms with E-state index >= 15 is 0 Å². The Kier molecular flexibility index (Phi) is 2.07. The van der Waals surface area contributed by atoms with Gasteiger partial charge >= 0.3 is 0 Å². The second kappa shape index (κ2) is 3.37. The van der Waals surface area contributed by atoms with Gasteiger partial charge in [0.05, 0.1) is 0 Å². The van der Waals surface area contributed by atoms with E-state index < -0.39 is 0 Å². The van der Waals surface area contributed by atoms with Crippen molar-refractivity contribution in [2.45, 2.75) is 13.8 Å². The van der Waals surface area contributed by atoms with Crippen LogP contribution >= 0.6 is 11.3 Å². The molecular formula is C14H10O2S. The lowest BCUT2D eigenvalue weighted by atomic mass is 9.82. The van der Waals surface area contributed by atoms with Gasteiger partial charge in [-0.1, -0.05) is 12.1 Å². The van der Waals surface area contributed by atoms with Crippen LogP contribution in [0.4, 0.5) is 0 Å². The molecule has 0 spiro atoms. The smallest absolute Gasteiger partial charge is 0.195 e. The van der Waals surface area contributed by atoms with E-state index in [9.17, 15) is 9.59 Å². The van der Waals surface area contributed by atoms with E-state index in [0.717, 1.165) is 11.1 Å². The highest BCUT2D eigenvalue weighted by molar-refractivity contribution is 7.08. The average molecular weight is 242 g/mol.